The van der Waals surface area contributed by atoms with E-state index in [-0.39, 0.29) is 0 Å². The lowest BCUT2D eigenvalue weighted by molar-refractivity contribution is -0.255. The van der Waals surface area contributed by atoms with Gasteiger partial charge >= 0.3 is 0 Å². The Balaban J connectivity index is 1.74. The molecule has 4 aliphatic rings. The van der Waals surface area contributed by atoms with E-state index in [1.54, 1.807) is 0 Å². The number of anilines is 1. The first-order valence-electron chi connectivity index (χ1n) is 8.86. The normalized spacial score (nSPS) is 35.0. The second kappa shape index (κ2) is 4.50. The maximum absolute atomic E-state index is 11.5. The Bertz CT molecular complexity index is 608. The van der Waals surface area contributed by atoms with Gasteiger partial charge in [0.1, 0.15) is 0 Å². The maximum atomic E-state index is 11.5. The third-order valence-electron chi connectivity index (χ3n) is 6.75. The van der Waals surface area contributed by atoms with Crippen molar-refractivity contribution in [3.05, 3.63) is 28.8 Å². The highest BCUT2D eigenvalue weighted by molar-refractivity contribution is 5.88. The molecule has 0 unspecified atom stereocenters. The number of rotatable bonds is 1. The minimum Gasteiger partial charge on any atom is -0.545 e. The van der Waals surface area contributed by atoms with Crippen LogP contribution in [0.25, 0.3) is 0 Å². The van der Waals surface area contributed by atoms with Crippen LogP contribution in [-0.4, -0.2) is 19.1 Å². The molecule has 2 aliphatic carbocycles. The largest absolute Gasteiger partial charge is 0.545 e. The highest BCUT2D eigenvalue weighted by Crippen LogP contribution is 2.55. The highest BCUT2D eigenvalue weighted by Gasteiger charge is 2.44. The molecule has 4 atom stereocenters. The molecule has 2 aliphatic heterocycles. The zero-order chi connectivity index (χ0) is 14.8. The van der Waals surface area contributed by atoms with Crippen molar-refractivity contribution < 1.29 is 9.90 Å². The third-order valence-corrected chi connectivity index (χ3v) is 6.75. The predicted molar refractivity (Wildman–Crippen MR) is 83.1 cm³/mol. The van der Waals surface area contributed by atoms with E-state index in [9.17, 15) is 9.90 Å². The summed E-state index contributed by atoms with van der Waals surface area (Å²) in [6.45, 7) is 2.39. The fraction of sp³-hybridized carbons (Fsp3) is 0.632. The standard InChI is InChI=1S/C19H23NO2/c21-19(22)13-7-16-14-5-1-3-11(14)9-20-10-12-4-2-6-15(12)17(8-13)18(16)20/h7-8,11-12,14-15H,1-6,9-10H2,(H,21,22)/p-1/t11-,12-,14+,15+/m1/s1. The van der Waals surface area contributed by atoms with Crippen LogP contribution in [0.15, 0.2) is 12.1 Å². The van der Waals surface area contributed by atoms with Gasteiger partial charge in [-0.25, -0.2) is 0 Å². The Hall–Kier alpha value is -1.51. The molecule has 3 nitrogen and oxygen atoms in total. The summed E-state index contributed by atoms with van der Waals surface area (Å²) in [7, 11) is 0. The molecule has 0 N–H and O–H groups in total. The molecule has 0 amide bonds. The summed E-state index contributed by atoms with van der Waals surface area (Å²) in [5, 5.41) is 11.5. The van der Waals surface area contributed by atoms with Gasteiger partial charge in [-0.1, -0.05) is 12.8 Å². The monoisotopic (exact) mass is 296 g/mol. The van der Waals surface area contributed by atoms with Gasteiger partial charge in [0.05, 0.1) is 5.97 Å². The first-order chi connectivity index (χ1) is 10.7. The van der Waals surface area contributed by atoms with Gasteiger partial charge in [0.15, 0.2) is 0 Å². The average molecular weight is 296 g/mol. The Labute approximate surface area is 131 Å². The van der Waals surface area contributed by atoms with Gasteiger partial charge in [-0.2, -0.15) is 0 Å². The molecule has 0 spiro atoms. The van der Waals surface area contributed by atoms with Crippen LogP contribution in [0.1, 0.15) is 71.8 Å². The summed E-state index contributed by atoms with van der Waals surface area (Å²) in [4.78, 5) is 14.1. The number of carboxylic acids is 1. The van der Waals surface area contributed by atoms with Crippen LogP contribution in [0, 0.1) is 11.8 Å². The van der Waals surface area contributed by atoms with Crippen LogP contribution in [0.4, 0.5) is 5.69 Å². The minimum absolute atomic E-state index is 0.411. The molecule has 2 heterocycles. The molecule has 1 aromatic carbocycles. The summed E-state index contributed by atoms with van der Waals surface area (Å²) >= 11 is 0. The molecule has 1 aromatic rings. The number of hydrogen-bond acceptors (Lipinski definition) is 3. The quantitative estimate of drug-likeness (QED) is 0.800. The van der Waals surface area contributed by atoms with E-state index in [4.69, 9.17) is 0 Å². The molecule has 5 rings (SSSR count). The summed E-state index contributed by atoms with van der Waals surface area (Å²) in [5.74, 6) is 1.63. The molecule has 0 saturated heterocycles. The number of nitrogens with zero attached hydrogens (tertiary/aromatic N) is 1. The number of fused-ring (bicyclic) bond motifs is 4. The van der Waals surface area contributed by atoms with E-state index in [1.807, 2.05) is 12.1 Å². The molecule has 2 fully saturated rings. The molecule has 0 aromatic heterocycles. The molecule has 116 valence electrons. The number of benzene rings is 1. The first kappa shape index (κ1) is 13.0. The topological polar surface area (TPSA) is 43.4 Å². The van der Waals surface area contributed by atoms with Gasteiger partial charge < -0.3 is 14.8 Å². The van der Waals surface area contributed by atoms with Crippen molar-refractivity contribution in [3.63, 3.8) is 0 Å². The lowest BCUT2D eigenvalue weighted by Crippen LogP contribution is -2.43. The molecular formula is C19H22NO2-. The van der Waals surface area contributed by atoms with Crippen LogP contribution >= 0.6 is 0 Å². The van der Waals surface area contributed by atoms with Crippen molar-refractivity contribution in [2.45, 2.75) is 50.4 Å². The lowest BCUT2D eigenvalue weighted by Gasteiger charge is -2.46. The van der Waals surface area contributed by atoms with Crippen molar-refractivity contribution in [1.82, 2.24) is 0 Å². The Kier molecular flexibility index (Phi) is 2.65. The van der Waals surface area contributed by atoms with Gasteiger partial charge in [0.25, 0.3) is 0 Å². The van der Waals surface area contributed by atoms with E-state index < -0.39 is 5.97 Å². The Morgan fingerprint density at radius 1 is 0.955 bits per heavy atom. The maximum Gasteiger partial charge on any atom is 0.0715 e. The van der Waals surface area contributed by atoms with Crippen molar-refractivity contribution >= 4 is 11.7 Å². The second-order valence-electron chi connectivity index (χ2n) is 7.79. The van der Waals surface area contributed by atoms with Crippen molar-refractivity contribution in [3.8, 4) is 0 Å². The summed E-state index contributed by atoms with van der Waals surface area (Å²) in [5.41, 5.74) is 4.48. The van der Waals surface area contributed by atoms with Gasteiger partial charge in [-0.15, -0.1) is 0 Å². The first-order valence-corrected chi connectivity index (χ1v) is 8.86. The van der Waals surface area contributed by atoms with E-state index in [0.717, 1.165) is 11.8 Å². The molecule has 22 heavy (non-hydrogen) atoms. The van der Waals surface area contributed by atoms with Crippen LogP contribution in [-0.2, 0) is 0 Å². The zero-order valence-electron chi connectivity index (χ0n) is 12.9. The smallest absolute Gasteiger partial charge is 0.0715 e. The predicted octanol–water partition coefficient (Wildman–Crippen LogP) is 2.65. The SMILES string of the molecule is O=C([O-])c1cc2c3c(c1)[C@H]1CCC[C@@H]1CN3C[C@H]1CCC[C@H]21. The third kappa shape index (κ3) is 1.65. The Morgan fingerprint density at radius 2 is 1.50 bits per heavy atom. The second-order valence-corrected chi connectivity index (χ2v) is 7.79. The number of hydrogen-bond donors (Lipinski definition) is 0. The summed E-state index contributed by atoms with van der Waals surface area (Å²) < 4.78 is 0. The average Bonchev–Trinajstić information content (AvgIpc) is 3.15. The molecule has 0 bridgehead atoms. The number of aromatic carboxylic acids is 1. The Morgan fingerprint density at radius 3 is 2.00 bits per heavy atom. The van der Waals surface area contributed by atoms with Gasteiger partial charge in [0, 0.05) is 18.8 Å². The minimum atomic E-state index is -1.01. The van der Waals surface area contributed by atoms with Crippen LogP contribution in [0.5, 0.6) is 0 Å². The summed E-state index contributed by atoms with van der Waals surface area (Å²) in [6.07, 6.45) is 7.66. The molecular weight excluding hydrogens is 274 g/mol. The fourth-order valence-electron chi connectivity index (χ4n) is 5.88. The number of carbonyl (C=O) groups is 1. The van der Waals surface area contributed by atoms with Crippen molar-refractivity contribution in [1.29, 1.82) is 0 Å². The molecule has 3 heteroatoms. The van der Waals surface area contributed by atoms with E-state index in [0.29, 0.717) is 17.4 Å². The van der Waals surface area contributed by atoms with Gasteiger partial charge in [-0.05, 0) is 78.2 Å². The van der Waals surface area contributed by atoms with E-state index in [1.165, 1.54) is 68.4 Å². The molecule has 2 saturated carbocycles. The van der Waals surface area contributed by atoms with Crippen molar-refractivity contribution in [2.24, 2.45) is 11.8 Å². The lowest BCUT2D eigenvalue weighted by atomic mass is 9.74. The van der Waals surface area contributed by atoms with Crippen LogP contribution in [0.3, 0.4) is 0 Å². The van der Waals surface area contributed by atoms with Crippen molar-refractivity contribution in [2.75, 3.05) is 18.0 Å². The number of carboxylic acid groups (broad SMARTS) is 1. The van der Waals surface area contributed by atoms with E-state index >= 15 is 0 Å². The highest BCUT2D eigenvalue weighted by atomic mass is 16.4. The van der Waals surface area contributed by atoms with Crippen LogP contribution < -0.4 is 10.0 Å². The fourth-order valence-corrected chi connectivity index (χ4v) is 5.88. The van der Waals surface area contributed by atoms with Gasteiger partial charge in [-0.3, -0.25) is 0 Å². The number of carbonyl (C=O) groups excluding carboxylic acids is 1. The molecule has 0 radical (unpaired) electrons. The summed E-state index contributed by atoms with van der Waals surface area (Å²) in [6, 6.07) is 3.89. The van der Waals surface area contributed by atoms with E-state index in [2.05, 4.69) is 4.90 Å². The van der Waals surface area contributed by atoms with Crippen LogP contribution in [0.2, 0.25) is 0 Å². The zero-order valence-corrected chi connectivity index (χ0v) is 12.9. The van der Waals surface area contributed by atoms with Gasteiger partial charge in [0.2, 0.25) is 0 Å².